The molecule has 0 spiro atoms. The molecule has 5 rings (SSSR count). The number of aromatic carboxylic acids is 1. The van der Waals surface area contributed by atoms with Gasteiger partial charge in [0, 0.05) is 12.7 Å². The van der Waals surface area contributed by atoms with Gasteiger partial charge in [0.15, 0.2) is 12.3 Å². The Bertz CT molecular complexity index is 1300. The number of ether oxygens (including phenoxy) is 1. The molecule has 2 aliphatic heterocycles. The third-order valence-electron chi connectivity index (χ3n) is 5.44. The van der Waals surface area contributed by atoms with Crippen LogP contribution < -0.4 is 26.4 Å². The molecule has 35 heavy (non-hydrogen) atoms. The molecule has 0 bridgehead atoms. The highest BCUT2D eigenvalue weighted by Gasteiger charge is 2.20. The summed E-state index contributed by atoms with van der Waals surface area (Å²) in [5.74, 6) is -1.53. The average molecular weight is 481 g/mol. The van der Waals surface area contributed by atoms with E-state index in [0.717, 1.165) is 31.3 Å². The van der Waals surface area contributed by atoms with E-state index in [1.54, 1.807) is 18.2 Å². The number of anilines is 1. The van der Waals surface area contributed by atoms with Crippen molar-refractivity contribution < 1.29 is 29.0 Å². The maximum atomic E-state index is 12.5. The molecule has 3 aromatic rings. The highest BCUT2D eigenvalue weighted by Crippen LogP contribution is 2.28. The summed E-state index contributed by atoms with van der Waals surface area (Å²) < 4.78 is 5.29. The van der Waals surface area contributed by atoms with E-state index in [0.29, 0.717) is 11.4 Å². The molecule has 0 saturated carbocycles. The van der Waals surface area contributed by atoms with Gasteiger partial charge in [0.1, 0.15) is 23.2 Å². The van der Waals surface area contributed by atoms with Gasteiger partial charge in [0.2, 0.25) is 5.91 Å². The Labute approximate surface area is 198 Å². The molecule has 1 aromatic carbocycles. The van der Waals surface area contributed by atoms with Gasteiger partial charge in [-0.15, -0.1) is 0 Å². The van der Waals surface area contributed by atoms with Gasteiger partial charge in [-0.1, -0.05) is 6.07 Å². The number of hydrogen-bond acceptors (Lipinski definition) is 8. The number of aromatic amines is 1. The molecule has 13 nitrogen and oxygen atoms in total. The van der Waals surface area contributed by atoms with E-state index in [2.05, 4.69) is 30.9 Å². The number of carboxylic acid groups (broad SMARTS) is 1. The Morgan fingerprint density at radius 1 is 1.26 bits per heavy atom. The Morgan fingerprint density at radius 2 is 2.09 bits per heavy atom. The van der Waals surface area contributed by atoms with Crippen LogP contribution in [-0.4, -0.2) is 62.9 Å². The van der Waals surface area contributed by atoms with Crippen molar-refractivity contribution >= 4 is 40.4 Å². The van der Waals surface area contributed by atoms with Crippen molar-refractivity contribution in [2.75, 3.05) is 18.5 Å². The van der Waals surface area contributed by atoms with E-state index in [1.165, 1.54) is 6.20 Å². The van der Waals surface area contributed by atoms with E-state index in [9.17, 15) is 19.2 Å². The van der Waals surface area contributed by atoms with E-state index < -0.39 is 11.9 Å². The number of fused-ring (bicyclic) bond motifs is 2. The molecule has 1 atom stereocenters. The number of H-pyrrole nitrogens is 1. The molecule has 0 aliphatic carbocycles. The van der Waals surface area contributed by atoms with Gasteiger partial charge in [-0.25, -0.2) is 14.8 Å². The lowest BCUT2D eigenvalue weighted by Gasteiger charge is -2.18. The number of hydrogen-bond donors (Lipinski definition) is 6. The molecular weight excluding hydrogens is 458 g/mol. The van der Waals surface area contributed by atoms with Gasteiger partial charge >= 0.3 is 5.97 Å². The van der Waals surface area contributed by atoms with Gasteiger partial charge in [0.05, 0.1) is 17.2 Å². The smallest absolute Gasteiger partial charge is 0.339 e. The predicted molar refractivity (Wildman–Crippen MR) is 123 cm³/mol. The summed E-state index contributed by atoms with van der Waals surface area (Å²) in [6.45, 7) is 1.09. The second-order valence-electron chi connectivity index (χ2n) is 7.85. The van der Waals surface area contributed by atoms with Crippen molar-refractivity contribution in [3.8, 4) is 5.75 Å². The van der Waals surface area contributed by atoms with E-state index in [-0.39, 0.29) is 53.3 Å². The van der Waals surface area contributed by atoms with Crippen LogP contribution in [0.3, 0.4) is 0 Å². The Hall–Kier alpha value is -4.52. The summed E-state index contributed by atoms with van der Waals surface area (Å²) in [5, 5.41) is 17.5. The first-order valence-electron chi connectivity index (χ1n) is 10.8. The molecule has 0 radical (unpaired) electrons. The van der Waals surface area contributed by atoms with Gasteiger partial charge in [-0.3, -0.25) is 14.4 Å². The SMILES string of the molecule is NC(=O)[C@@H]1CCCN1.O=C1COc2ccc(CNC(=O)c3ncnc4c(C(=O)O)c[nH]c34)cc2N1. The molecule has 182 valence electrons. The molecule has 4 heterocycles. The highest BCUT2D eigenvalue weighted by atomic mass is 16.5. The molecule has 2 aliphatic rings. The predicted octanol–water partition coefficient (Wildman–Crippen LogP) is 0.141. The Kier molecular flexibility index (Phi) is 6.87. The van der Waals surface area contributed by atoms with Crippen molar-refractivity contribution in [3.63, 3.8) is 0 Å². The van der Waals surface area contributed by atoms with Crippen molar-refractivity contribution in [2.45, 2.75) is 25.4 Å². The first kappa shape index (κ1) is 23.6. The third kappa shape index (κ3) is 5.35. The van der Waals surface area contributed by atoms with Gasteiger partial charge in [-0.05, 0) is 37.1 Å². The molecular formula is C22H23N7O6. The minimum atomic E-state index is -1.15. The third-order valence-corrected chi connectivity index (χ3v) is 5.44. The lowest BCUT2D eigenvalue weighted by atomic mass is 10.1. The van der Waals surface area contributed by atoms with Gasteiger partial charge in [0.25, 0.3) is 11.8 Å². The number of rotatable bonds is 5. The van der Waals surface area contributed by atoms with E-state index in [1.807, 2.05) is 0 Å². The normalized spacial score (nSPS) is 16.3. The zero-order valence-electron chi connectivity index (χ0n) is 18.5. The van der Waals surface area contributed by atoms with Crippen LogP contribution in [0.4, 0.5) is 5.69 Å². The van der Waals surface area contributed by atoms with Crippen LogP contribution in [0.1, 0.15) is 39.3 Å². The molecule has 1 saturated heterocycles. The molecule has 0 unspecified atom stereocenters. The molecule has 13 heteroatoms. The van der Waals surface area contributed by atoms with Crippen LogP contribution >= 0.6 is 0 Å². The second kappa shape index (κ2) is 10.2. The quantitative estimate of drug-likeness (QED) is 0.293. The first-order chi connectivity index (χ1) is 16.8. The fraction of sp³-hybridized carbons (Fsp3) is 0.273. The number of nitrogens with two attached hydrogens (primary N) is 1. The van der Waals surface area contributed by atoms with Gasteiger partial charge in [-0.2, -0.15) is 0 Å². The molecule has 7 N–H and O–H groups in total. The zero-order valence-corrected chi connectivity index (χ0v) is 18.5. The summed E-state index contributed by atoms with van der Waals surface area (Å²) >= 11 is 0. The minimum Gasteiger partial charge on any atom is -0.482 e. The zero-order chi connectivity index (χ0) is 24.9. The van der Waals surface area contributed by atoms with Crippen LogP contribution in [-0.2, 0) is 16.1 Å². The maximum Gasteiger partial charge on any atom is 0.339 e. The topological polar surface area (TPSA) is 201 Å². The number of nitrogens with zero attached hydrogens (tertiary/aromatic N) is 2. The highest BCUT2D eigenvalue weighted by molar-refractivity contribution is 6.08. The van der Waals surface area contributed by atoms with Crippen molar-refractivity contribution in [3.05, 3.63) is 47.5 Å². The second-order valence-corrected chi connectivity index (χ2v) is 7.85. The van der Waals surface area contributed by atoms with Crippen molar-refractivity contribution in [1.82, 2.24) is 25.6 Å². The number of benzene rings is 1. The maximum absolute atomic E-state index is 12.5. The number of nitrogens with one attached hydrogen (secondary N) is 4. The summed E-state index contributed by atoms with van der Waals surface area (Å²) in [5.41, 5.74) is 6.70. The van der Waals surface area contributed by atoms with Crippen molar-refractivity contribution in [2.24, 2.45) is 5.73 Å². The summed E-state index contributed by atoms with van der Waals surface area (Å²) in [6, 6.07) is 5.14. The fourth-order valence-electron chi connectivity index (χ4n) is 3.71. The summed E-state index contributed by atoms with van der Waals surface area (Å²) in [6.07, 6.45) is 4.40. The Morgan fingerprint density at radius 3 is 2.77 bits per heavy atom. The lowest BCUT2D eigenvalue weighted by molar-refractivity contribution is -0.120. The molecule has 3 amide bonds. The van der Waals surface area contributed by atoms with Crippen LogP contribution in [0.25, 0.3) is 11.0 Å². The number of carbonyl (C=O) groups excluding carboxylic acids is 3. The van der Waals surface area contributed by atoms with Crippen LogP contribution in [0.2, 0.25) is 0 Å². The fourth-order valence-corrected chi connectivity index (χ4v) is 3.71. The summed E-state index contributed by atoms with van der Waals surface area (Å²) in [7, 11) is 0. The number of amides is 3. The number of carbonyl (C=O) groups is 4. The molecule has 2 aromatic heterocycles. The van der Waals surface area contributed by atoms with Crippen LogP contribution in [0.15, 0.2) is 30.7 Å². The van der Waals surface area contributed by atoms with Crippen LogP contribution in [0, 0.1) is 0 Å². The van der Waals surface area contributed by atoms with Crippen molar-refractivity contribution in [1.29, 1.82) is 0 Å². The number of primary amides is 1. The number of aromatic nitrogens is 3. The number of carboxylic acids is 1. The standard InChI is InChI=1S/C17H13N5O5.C5H10N2O/c23-12-6-27-11-2-1-8(3-10(11)22-12)4-19-16(24)15-14-13(20-7-21-15)9(5-18-14)17(25)26;6-5(8)4-2-1-3-7-4/h1-3,5,7,18H,4,6H2,(H,19,24)(H,22,23)(H,25,26);4,7H,1-3H2,(H2,6,8)/t;4-/m.0/s1. The van der Waals surface area contributed by atoms with E-state index >= 15 is 0 Å². The monoisotopic (exact) mass is 481 g/mol. The lowest BCUT2D eigenvalue weighted by Crippen LogP contribution is -2.36. The average Bonchev–Trinajstić information content (AvgIpc) is 3.53. The summed E-state index contributed by atoms with van der Waals surface area (Å²) in [4.78, 5) is 56.0. The van der Waals surface area contributed by atoms with Crippen LogP contribution in [0.5, 0.6) is 5.75 Å². The Balaban J connectivity index is 0.000000308. The van der Waals surface area contributed by atoms with Gasteiger partial charge < -0.3 is 36.5 Å². The molecule has 1 fully saturated rings. The van der Waals surface area contributed by atoms with E-state index in [4.69, 9.17) is 15.6 Å². The minimum absolute atomic E-state index is 0.0265. The largest absolute Gasteiger partial charge is 0.482 e. The first-order valence-corrected chi connectivity index (χ1v) is 10.8.